The van der Waals surface area contributed by atoms with E-state index in [2.05, 4.69) is 0 Å². The molecule has 0 unspecified atom stereocenters. The molecule has 3 rings (SSSR count). The van der Waals surface area contributed by atoms with Crippen LogP contribution in [0, 0.1) is 10.1 Å². The number of carbonyl (C=O) groups is 2. The van der Waals surface area contributed by atoms with Crippen molar-refractivity contribution in [2.24, 2.45) is 0 Å². The normalized spacial score (nSPS) is 13.2. The number of nitro groups is 1. The van der Waals surface area contributed by atoms with Crippen molar-refractivity contribution < 1.29 is 19.2 Å². The molecule has 0 amide bonds. The zero-order valence-electron chi connectivity index (χ0n) is 14.7. The Labute approximate surface area is 156 Å². The van der Waals surface area contributed by atoms with Crippen molar-refractivity contribution in [2.75, 3.05) is 6.61 Å². The maximum Gasteiger partial charge on any atom is 0.331 e. The number of hydrogen-bond donors (Lipinski definition) is 0. The summed E-state index contributed by atoms with van der Waals surface area (Å²) in [5, 5.41) is 11.0. The Hall–Kier alpha value is -3.28. The number of ketones is 1. The van der Waals surface area contributed by atoms with Gasteiger partial charge in [-0.05, 0) is 55.0 Å². The summed E-state index contributed by atoms with van der Waals surface area (Å²) in [6, 6.07) is 11.7. The molecule has 0 N–H and O–H groups in total. The lowest BCUT2D eigenvalue weighted by Gasteiger charge is -2.16. The van der Waals surface area contributed by atoms with Gasteiger partial charge in [0.25, 0.3) is 5.69 Å². The zero-order chi connectivity index (χ0) is 19.2. The van der Waals surface area contributed by atoms with Crippen molar-refractivity contribution >= 4 is 23.5 Å². The summed E-state index contributed by atoms with van der Waals surface area (Å²) in [7, 11) is 0. The summed E-state index contributed by atoms with van der Waals surface area (Å²) in [6.07, 6.45) is 6.69. The van der Waals surface area contributed by atoms with Crippen LogP contribution < -0.4 is 0 Å². The van der Waals surface area contributed by atoms with Crippen molar-refractivity contribution in [1.82, 2.24) is 0 Å². The first-order chi connectivity index (χ1) is 13.0. The second-order valence-electron chi connectivity index (χ2n) is 6.37. The van der Waals surface area contributed by atoms with Gasteiger partial charge in [0.15, 0.2) is 12.4 Å². The number of benzene rings is 2. The third-order valence-corrected chi connectivity index (χ3v) is 4.55. The Morgan fingerprint density at radius 2 is 1.81 bits per heavy atom. The fourth-order valence-corrected chi connectivity index (χ4v) is 3.13. The fraction of sp³-hybridized carbons (Fsp3) is 0.238. The Morgan fingerprint density at radius 3 is 2.59 bits per heavy atom. The van der Waals surface area contributed by atoms with Gasteiger partial charge in [-0.1, -0.05) is 24.3 Å². The smallest absolute Gasteiger partial charge is 0.331 e. The van der Waals surface area contributed by atoms with E-state index in [0.717, 1.165) is 25.3 Å². The third-order valence-electron chi connectivity index (χ3n) is 4.55. The average molecular weight is 365 g/mol. The van der Waals surface area contributed by atoms with Gasteiger partial charge in [0, 0.05) is 17.7 Å². The monoisotopic (exact) mass is 365 g/mol. The van der Waals surface area contributed by atoms with Crippen LogP contribution in [0.4, 0.5) is 5.69 Å². The lowest BCUT2D eigenvalue weighted by atomic mass is 9.90. The van der Waals surface area contributed by atoms with Gasteiger partial charge in [-0.25, -0.2) is 4.79 Å². The van der Waals surface area contributed by atoms with Crippen molar-refractivity contribution in [2.45, 2.75) is 25.7 Å². The molecule has 6 nitrogen and oxygen atoms in total. The Balaban J connectivity index is 1.59. The number of nitro benzene ring substituents is 1. The Morgan fingerprint density at radius 1 is 1.07 bits per heavy atom. The van der Waals surface area contributed by atoms with E-state index >= 15 is 0 Å². The minimum atomic E-state index is -0.723. The molecule has 0 bridgehead atoms. The molecule has 2 aromatic rings. The van der Waals surface area contributed by atoms with Crippen LogP contribution in [0.1, 0.15) is 39.9 Å². The molecule has 2 aromatic carbocycles. The average Bonchev–Trinajstić information content (AvgIpc) is 2.70. The Kier molecular flexibility index (Phi) is 5.76. The van der Waals surface area contributed by atoms with Crippen LogP contribution in [0.25, 0.3) is 6.08 Å². The number of fused-ring (bicyclic) bond motifs is 1. The minimum absolute atomic E-state index is 0.105. The maximum absolute atomic E-state index is 12.3. The first kappa shape index (κ1) is 18.5. The van der Waals surface area contributed by atoms with E-state index in [9.17, 15) is 19.7 Å². The molecule has 6 heteroatoms. The highest BCUT2D eigenvalue weighted by molar-refractivity contribution is 5.99. The summed E-state index contributed by atoms with van der Waals surface area (Å²) < 4.78 is 4.98. The molecule has 1 aliphatic rings. The van der Waals surface area contributed by atoms with Gasteiger partial charge in [-0.15, -0.1) is 0 Å². The number of nitrogens with zero attached hydrogens (tertiary/aromatic N) is 1. The third kappa shape index (κ3) is 4.67. The van der Waals surface area contributed by atoms with Gasteiger partial charge in [0.2, 0.25) is 0 Å². The number of ether oxygens (including phenoxy) is 1. The molecule has 0 atom stereocenters. The van der Waals surface area contributed by atoms with Gasteiger partial charge in [0.05, 0.1) is 10.5 Å². The molecule has 0 radical (unpaired) electrons. The van der Waals surface area contributed by atoms with Crippen molar-refractivity contribution in [1.29, 1.82) is 0 Å². The van der Waals surface area contributed by atoms with Crippen molar-refractivity contribution in [3.8, 4) is 0 Å². The van der Waals surface area contributed by atoms with Crippen LogP contribution in [-0.4, -0.2) is 23.3 Å². The van der Waals surface area contributed by atoms with E-state index in [1.807, 2.05) is 12.1 Å². The number of para-hydroxylation sites is 1. The summed E-state index contributed by atoms with van der Waals surface area (Å²) in [5.41, 5.74) is 3.19. The van der Waals surface area contributed by atoms with E-state index in [4.69, 9.17) is 4.74 Å². The number of Topliss-reactive ketones (excluding diaryl/α,β-unsaturated/α-hetero) is 1. The van der Waals surface area contributed by atoms with Crippen LogP contribution in [-0.2, 0) is 22.4 Å². The van der Waals surface area contributed by atoms with E-state index in [1.54, 1.807) is 18.2 Å². The number of esters is 1. The number of rotatable bonds is 6. The van der Waals surface area contributed by atoms with Crippen molar-refractivity contribution in [3.05, 3.63) is 80.9 Å². The van der Waals surface area contributed by atoms with E-state index in [0.29, 0.717) is 11.1 Å². The number of carbonyl (C=O) groups excluding carboxylic acids is 2. The minimum Gasteiger partial charge on any atom is -0.454 e. The van der Waals surface area contributed by atoms with Gasteiger partial charge in [-0.2, -0.15) is 0 Å². The molecular weight excluding hydrogens is 346 g/mol. The highest BCUT2D eigenvalue weighted by Crippen LogP contribution is 2.22. The fourth-order valence-electron chi connectivity index (χ4n) is 3.13. The second-order valence-corrected chi connectivity index (χ2v) is 6.37. The standard InChI is InChI=1S/C21H19NO5/c23-20(18-10-9-15-5-1-2-7-17(15)13-18)14-27-21(24)12-11-16-6-3-4-8-19(16)22(25)26/h3-4,6,8-13H,1-2,5,7,14H2/b12-11+. The molecule has 0 saturated heterocycles. The lowest BCUT2D eigenvalue weighted by Crippen LogP contribution is -2.14. The maximum atomic E-state index is 12.3. The molecule has 27 heavy (non-hydrogen) atoms. The zero-order valence-corrected chi connectivity index (χ0v) is 14.7. The summed E-state index contributed by atoms with van der Waals surface area (Å²) in [6.45, 7) is -0.362. The van der Waals surface area contributed by atoms with Crippen LogP contribution in [0.5, 0.6) is 0 Å². The highest BCUT2D eigenvalue weighted by atomic mass is 16.6. The molecule has 0 saturated carbocycles. The predicted octanol–water partition coefficient (Wildman–Crippen LogP) is 3.91. The second kappa shape index (κ2) is 8.40. The summed E-state index contributed by atoms with van der Waals surface area (Å²) in [4.78, 5) is 34.5. The molecule has 0 aliphatic heterocycles. The van der Waals surface area contributed by atoms with Gasteiger partial charge < -0.3 is 4.74 Å². The van der Waals surface area contributed by atoms with Gasteiger partial charge >= 0.3 is 5.97 Å². The SMILES string of the molecule is O=C(/C=C/c1ccccc1[N+](=O)[O-])OCC(=O)c1ccc2c(c1)CCCC2. The first-order valence-electron chi connectivity index (χ1n) is 8.78. The van der Waals surface area contributed by atoms with E-state index < -0.39 is 10.9 Å². The topological polar surface area (TPSA) is 86.5 Å². The van der Waals surface area contributed by atoms with E-state index in [-0.39, 0.29) is 18.1 Å². The highest BCUT2D eigenvalue weighted by Gasteiger charge is 2.14. The van der Waals surface area contributed by atoms with Crippen LogP contribution in [0.3, 0.4) is 0 Å². The molecular formula is C21H19NO5. The molecule has 0 fully saturated rings. The largest absolute Gasteiger partial charge is 0.454 e. The van der Waals surface area contributed by atoms with Crippen LogP contribution in [0.2, 0.25) is 0 Å². The molecule has 138 valence electrons. The molecule has 0 spiro atoms. The molecule has 1 aliphatic carbocycles. The molecule has 0 aromatic heterocycles. The van der Waals surface area contributed by atoms with Gasteiger partial charge in [-0.3, -0.25) is 14.9 Å². The Bertz CT molecular complexity index is 917. The van der Waals surface area contributed by atoms with E-state index in [1.165, 1.54) is 35.8 Å². The summed E-state index contributed by atoms with van der Waals surface area (Å²) >= 11 is 0. The van der Waals surface area contributed by atoms with Crippen LogP contribution in [0.15, 0.2) is 48.5 Å². The van der Waals surface area contributed by atoms with Gasteiger partial charge in [0.1, 0.15) is 0 Å². The quantitative estimate of drug-likeness (QED) is 0.255. The number of aryl methyl sites for hydroxylation is 2. The number of hydrogen-bond acceptors (Lipinski definition) is 5. The lowest BCUT2D eigenvalue weighted by molar-refractivity contribution is -0.385. The predicted molar refractivity (Wildman–Crippen MR) is 101 cm³/mol. The molecule has 0 heterocycles. The summed E-state index contributed by atoms with van der Waals surface area (Å²) in [5.74, 6) is -0.990. The van der Waals surface area contributed by atoms with Crippen LogP contribution >= 0.6 is 0 Å². The first-order valence-corrected chi connectivity index (χ1v) is 8.78. The van der Waals surface area contributed by atoms with Crippen molar-refractivity contribution in [3.63, 3.8) is 0 Å².